The number of hydrogen-bond donors (Lipinski definition) is 1. The van der Waals surface area contributed by atoms with Crippen molar-refractivity contribution >= 4 is 11.6 Å². The number of anilines is 1. The van der Waals surface area contributed by atoms with Gasteiger partial charge in [-0.1, -0.05) is 26.8 Å². The summed E-state index contributed by atoms with van der Waals surface area (Å²) in [6.07, 6.45) is 2.23. The normalized spacial score (nSPS) is 15.9. The van der Waals surface area contributed by atoms with Crippen molar-refractivity contribution in [2.75, 3.05) is 31.6 Å². The molecule has 4 heteroatoms. The maximum Gasteiger partial charge on any atom is 0.241 e. The van der Waals surface area contributed by atoms with E-state index in [1.54, 1.807) is 0 Å². The summed E-state index contributed by atoms with van der Waals surface area (Å²) in [6, 6.07) is 7.81. The van der Waals surface area contributed by atoms with Gasteiger partial charge in [-0.25, -0.2) is 0 Å². The topological polar surface area (TPSA) is 41.6 Å². The molecule has 22 heavy (non-hydrogen) atoms. The molecule has 1 amide bonds. The first-order valence-electron chi connectivity index (χ1n) is 8.29. The Kier molecular flexibility index (Phi) is 6.10. The largest absolute Gasteiger partial charge is 0.493 e. The van der Waals surface area contributed by atoms with Crippen LogP contribution in [0.2, 0.25) is 0 Å². The third-order valence-corrected chi connectivity index (χ3v) is 4.00. The van der Waals surface area contributed by atoms with Crippen molar-refractivity contribution in [2.45, 2.75) is 33.6 Å². The van der Waals surface area contributed by atoms with E-state index in [-0.39, 0.29) is 5.91 Å². The zero-order chi connectivity index (χ0) is 15.9. The minimum atomic E-state index is 0.181. The van der Waals surface area contributed by atoms with Gasteiger partial charge < -0.3 is 15.0 Å². The number of nitrogens with one attached hydrogen (secondary N) is 1. The molecule has 0 aromatic heterocycles. The van der Waals surface area contributed by atoms with E-state index in [0.717, 1.165) is 43.3 Å². The van der Waals surface area contributed by atoms with Gasteiger partial charge in [0, 0.05) is 24.8 Å². The molecule has 1 aromatic rings. The predicted octanol–water partition coefficient (Wildman–Crippen LogP) is 3.39. The molecule has 1 heterocycles. The smallest absolute Gasteiger partial charge is 0.241 e. The third-order valence-electron chi connectivity index (χ3n) is 4.00. The molecule has 0 aliphatic carbocycles. The zero-order valence-electron chi connectivity index (χ0n) is 14.0. The summed E-state index contributed by atoms with van der Waals surface area (Å²) < 4.78 is 5.71. The van der Waals surface area contributed by atoms with Crippen LogP contribution < -0.4 is 10.1 Å². The van der Waals surface area contributed by atoms with Crippen LogP contribution in [0.15, 0.2) is 24.3 Å². The molecule has 0 saturated carbocycles. The Morgan fingerprint density at radius 3 is 2.77 bits per heavy atom. The summed E-state index contributed by atoms with van der Waals surface area (Å²) in [5.74, 6) is 2.27. The number of amides is 1. The van der Waals surface area contributed by atoms with Crippen LogP contribution in [0.3, 0.4) is 0 Å². The monoisotopic (exact) mass is 304 g/mol. The van der Waals surface area contributed by atoms with Gasteiger partial charge in [0.05, 0.1) is 13.2 Å². The number of carbonyl (C=O) groups excluding carboxylic acids is 1. The van der Waals surface area contributed by atoms with Crippen molar-refractivity contribution in [3.63, 3.8) is 0 Å². The van der Waals surface area contributed by atoms with Gasteiger partial charge in [-0.05, 0) is 36.8 Å². The fourth-order valence-corrected chi connectivity index (χ4v) is 2.51. The van der Waals surface area contributed by atoms with Gasteiger partial charge in [-0.3, -0.25) is 4.79 Å². The van der Waals surface area contributed by atoms with Crippen LogP contribution in [0.25, 0.3) is 0 Å². The van der Waals surface area contributed by atoms with Crippen molar-refractivity contribution in [3.05, 3.63) is 24.3 Å². The maximum absolute atomic E-state index is 12.2. The Bertz CT molecular complexity index is 480. The summed E-state index contributed by atoms with van der Waals surface area (Å²) in [5.41, 5.74) is 0.931. The van der Waals surface area contributed by atoms with Gasteiger partial charge in [0.2, 0.25) is 5.91 Å². The molecule has 0 spiro atoms. The molecule has 0 atom stereocenters. The predicted molar refractivity (Wildman–Crippen MR) is 90.2 cm³/mol. The number of carbonyl (C=O) groups is 1. The quantitative estimate of drug-likeness (QED) is 0.876. The van der Waals surface area contributed by atoms with Crippen molar-refractivity contribution < 1.29 is 9.53 Å². The molecule has 1 fully saturated rings. The Morgan fingerprint density at radius 2 is 2.09 bits per heavy atom. The lowest BCUT2D eigenvalue weighted by Crippen LogP contribution is -2.40. The summed E-state index contributed by atoms with van der Waals surface area (Å²) in [5, 5.41) is 3.21. The Morgan fingerprint density at radius 1 is 1.36 bits per heavy atom. The first-order chi connectivity index (χ1) is 10.5. The highest BCUT2D eigenvalue weighted by Crippen LogP contribution is 2.19. The highest BCUT2D eigenvalue weighted by molar-refractivity contribution is 5.81. The SMILES string of the molecule is CC(C)COc1cccc(NCC(=O)N2CCC(C)CC2)c1. The standard InChI is InChI=1S/C18H28N2O2/c1-14(2)13-22-17-6-4-5-16(11-17)19-12-18(21)20-9-7-15(3)8-10-20/h4-6,11,14-15,19H,7-10,12-13H2,1-3H3. The number of benzene rings is 1. The van der Waals surface area contributed by atoms with Crippen LogP contribution in [0.4, 0.5) is 5.69 Å². The number of rotatable bonds is 6. The van der Waals surface area contributed by atoms with E-state index in [4.69, 9.17) is 4.74 Å². The highest BCUT2D eigenvalue weighted by Gasteiger charge is 2.19. The molecule has 1 aromatic carbocycles. The molecule has 1 aliphatic heterocycles. The highest BCUT2D eigenvalue weighted by atomic mass is 16.5. The zero-order valence-corrected chi connectivity index (χ0v) is 14.0. The van der Waals surface area contributed by atoms with E-state index in [9.17, 15) is 4.79 Å². The van der Waals surface area contributed by atoms with E-state index in [2.05, 4.69) is 26.1 Å². The summed E-state index contributed by atoms with van der Waals surface area (Å²) >= 11 is 0. The van der Waals surface area contributed by atoms with Gasteiger partial charge in [0.15, 0.2) is 0 Å². The first-order valence-corrected chi connectivity index (χ1v) is 8.29. The lowest BCUT2D eigenvalue weighted by atomic mass is 9.99. The molecule has 1 N–H and O–H groups in total. The van der Waals surface area contributed by atoms with Crippen LogP contribution >= 0.6 is 0 Å². The number of nitrogens with zero attached hydrogens (tertiary/aromatic N) is 1. The molecule has 0 radical (unpaired) electrons. The first kappa shape index (κ1) is 16.7. The van der Waals surface area contributed by atoms with E-state index in [0.29, 0.717) is 19.1 Å². The lowest BCUT2D eigenvalue weighted by Gasteiger charge is -2.30. The van der Waals surface area contributed by atoms with Crippen LogP contribution in [-0.4, -0.2) is 37.0 Å². The molecule has 1 aliphatic rings. The van der Waals surface area contributed by atoms with E-state index in [1.165, 1.54) is 0 Å². The van der Waals surface area contributed by atoms with Crippen LogP contribution in [0.1, 0.15) is 33.6 Å². The van der Waals surface area contributed by atoms with Crippen LogP contribution in [0.5, 0.6) is 5.75 Å². The number of ether oxygens (including phenoxy) is 1. The van der Waals surface area contributed by atoms with Crippen LogP contribution in [0, 0.1) is 11.8 Å². The molecule has 0 unspecified atom stereocenters. The molecule has 0 bridgehead atoms. The summed E-state index contributed by atoms with van der Waals surface area (Å²) in [7, 11) is 0. The van der Waals surface area contributed by atoms with E-state index in [1.807, 2.05) is 29.2 Å². The summed E-state index contributed by atoms with van der Waals surface area (Å²) in [6.45, 7) is 9.33. The maximum atomic E-state index is 12.2. The minimum Gasteiger partial charge on any atom is -0.493 e. The second-order valence-electron chi connectivity index (χ2n) is 6.65. The second kappa shape index (κ2) is 8.06. The van der Waals surface area contributed by atoms with Gasteiger partial charge in [0.1, 0.15) is 5.75 Å². The van der Waals surface area contributed by atoms with Gasteiger partial charge >= 0.3 is 0 Å². The molecule has 2 rings (SSSR count). The fourth-order valence-electron chi connectivity index (χ4n) is 2.51. The fraction of sp³-hybridized carbons (Fsp3) is 0.611. The molecular formula is C18H28N2O2. The van der Waals surface area contributed by atoms with Gasteiger partial charge in [-0.15, -0.1) is 0 Å². The Balaban J connectivity index is 1.80. The van der Waals surface area contributed by atoms with E-state index >= 15 is 0 Å². The molecule has 4 nitrogen and oxygen atoms in total. The van der Waals surface area contributed by atoms with Gasteiger partial charge in [0.25, 0.3) is 0 Å². The lowest BCUT2D eigenvalue weighted by molar-refractivity contribution is -0.130. The average Bonchev–Trinajstić information content (AvgIpc) is 2.52. The number of hydrogen-bond acceptors (Lipinski definition) is 3. The van der Waals surface area contributed by atoms with Crippen molar-refractivity contribution in [2.24, 2.45) is 11.8 Å². The second-order valence-corrected chi connectivity index (χ2v) is 6.65. The minimum absolute atomic E-state index is 0.181. The van der Waals surface area contributed by atoms with Crippen molar-refractivity contribution in [1.29, 1.82) is 0 Å². The van der Waals surface area contributed by atoms with Crippen molar-refractivity contribution in [1.82, 2.24) is 4.90 Å². The van der Waals surface area contributed by atoms with E-state index < -0.39 is 0 Å². The molecular weight excluding hydrogens is 276 g/mol. The van der Waals surface area contributed by atoms with Crippen molar-refractivity contribution in [3.8, 4) is 5.75 Å². The number of likely N-dealkylation sites (tertiary alicyclic amines) is 1. The Labute approximate surface area is 133 Å². The molecule has 1 saturated heterocycles. The number of piperidine rings is 1. The van der Waals surface area contributed by atoms with Gasteiger partial charge in [-0.2, -0.15) is 0 Å². The molecule has 122 valence electrons. The Hall–Kier alpha value is -1.71. The third kappa shape index (κ3) is 5.24. The summed E-state index contributed by atoms with van der Waals surface area (Å²) in [4.78, 5) is 14.2. The van der Waals surface area contributed by atoms with Crippen LogP contribution in [-0.2, 0) is 4.79 Å². The average molecular weight is 304 g/mol.